The minimum absolute atomic E-state index is 0.116. The van der Waals surface area contributed by atoms with Crippen molar-refractivity contribution in [2.75, 3.05) is 20.8 Å². The number of Topliss-reactive ketones (excluding diaryl/α,β-unsaturated/α-hetero) is 1. The first-order chi connectivity index (χ1) is 16.0. The summed E-state index contributed by atoms with van der Waals surface area (Å²) in [4.78, 5) is 13.2. The number of oxime groups is 1. The highest BCUT2D eigenvalue weighted by atomic mass is 16.5. The molecule has 2 saturated carbocycles. The summed E-state index contributed by atoms with van der Waals surface area (Å²) in [6, 6.07) is 7.78. The van der Waals surface area contributed by atoms with E-state index in [9.17, 15) is 4.79 Å². The zero-order valence-electron chi connectivity index (χ0n) is 20.0. The van der Waals surface area contributed by atoms with Crippen LogP contribution in [0.2, 0.25) is 0 Å². The largest absolute Gasteiger partial charge is 0.411 e. The molecule has 4 aliphatic carbocycles. The summed E-state index contributed by atoms with van der Waals surface area (Å²) in [5.74, 6) is 1.38. The molecule has 0 heterocycles. The molecule has 0 unspecified atom stereocenters. The van der Waals surface area contributed by atoms with Crippen molar-refractivity contribution in [2.45, 2.75) is 63.9 Å². The summed E-state index contributed by atoms with van der Waals surface area (Å²) >= 11 is 0. The Balaban J connectivity index is 1.59. The number of nitrogens with zero attached hydrogens (tertiary/aromatic N) is 1. The van der Waals surface area contributed by atoms with Crippen molar-refractivity contribution in [3.8, 4) is 0 Å². The van der Waals surface area contributed by atoms with Gasteiger partial charge < -0.3 is 14.7 Å². The third kappa shape index (κ3) is 3.27. The lowest BCUT2D eigenvalue weighted by atomic mass is 9.54. The zero-order chi connectivity index (χ0) is 23.2. The maximum absolute atomic E-state index is 13.2. The quantitative estimate of drug-likeness (QED) is 0.363. The van der Waals surface area contributed by atoms with Gasteiger partial charge >= 0.3 is 0 Å². The summed E-state index contributed by atoms with van der Waals surface area (Å²) in [5.41, 5.74) is 6.74. The summed E-state index contributed by atoms with van der Waals surface area (Å²) in [6.07, 6.45) is 9.29. The van der Waals surface area contributed by atoms with Gasteiger partial charge in [0.1, 0.15) is 0 Å². The van der Waals surface area contributed by atoms with Crippen molar-refractivity contribution in [1.29, 1.82) is 0 Å². The van der Waals surface area contributed by atoms with Gasteiger partial charge in [0.25, 0.3) is 0 Å². The molecule has 4 atom stereocenters. The fourth-order valence-corrected chi connectivity index (χ4v) is 7.80. The van der Waals surface area contributed by atoms with E-state index in [2.05, 4.69) is 12.1 Å². The van der Waals surface area contributed by atoms with Crippen LogP contribution in [0.25, 0.3) is 5.57 Å². The third-order valence-corrected chi connectivity index (χ3v) is 9.40. The number of hydrogen-bond donors (Lipinski definition) is 1. The van der Waals surface area contributed by atoms with Crippen LogP contribution in [0, 0.1) is 17.3 Å². The first-order valence-electron chi connectivity index (χ1n) is 12.3. The van der Waals surface area contributed by atoms with Gasteiger partial charge in [-0.3, -0.25) is 4.79 Å². The van der Waals surface area contributed by atoms with Crippen LogP contribution in [0.3, 0.4) is 0 Å². The number of allylic oxidation sites excluding steroid dienone is 4. The highest BCUT2D eigenvalue weighted by Crippen LogP contribution is 2.64. The van der Waals surface area contributed by atoms with Crippen molar-refractivity contribution < 1.29 is 19.5 Å². The molecule has 0 saturated heterocycles. The number of carbonyl (C=O) groups excluding carboxylic acids is 1. The van der Waals surface area contributed by atoms with Crippen LogP contribution in [0.4, 0.5) is 0 Å². The van der Waals surface area contributed by atoms with E-state index in [1.54, 1.807) is 12.7 Å². The van der Waals surface area contributed by atoms with E-state index < -0.39 is 0 Å². The molecule has 2 fully saturated rings. The number of methoxy groups -OCH3 is 2. The van der Waals surface area contributed by atoms with E-state index >= 15 is 0 Å². The second-order valence-corrected chi connectivity index (χ2v) is 10.5. The van der Waals surface area contributed by atoms with Crippen molar-refractivity contribution in [1.82, 2.24) is 0 Å². The van der Waals surface area contributed by atoms with Crippen LogP contribution < -0.4 is 0 Å². The fourth-order valence-electron chi connectivity index (χ4n) is 7.80. The van der Waals surface area contributed by atoms with Crippen LogP contribution >= 0.6 is 0 Å². The predicted molar refractivity (Wildman–Crippen MR) is 128 cm³/mol. The number of rotatable bonds is 5. The van der Waals surface area contributed by atoms with Gasteiger partial charge in [-0.15, -0.1) is 0 Å². The van der Waals surface area contributed by atoms with E-state index in [4.69, 9.17) is 14.7 Å². The molecule has 1 N–H and O–H groups in total. The second kappa shape index (κ2) is 8.52. The maximum atomic E-state index is 13.2. The smallest absolute Gasteiger partial charge is 0.164 e. The van der Waals surface area contributed by atoms with Crippen molar-refractivity contribution >= 4 is 17.6 Å². The first-order valence-corrected chi connectivity index (χ1v) is 12.3. The number of carbonyl (C=O) groups is 1. The molecule has 0 bridgehead atoms. The molecule has 0 aliphatic heterocycles. The number of ether oxygens (including phenoxy) is 2. The lowest BCUT2D eigenvalue weighted by Crippen LogP contribution is -2.53. The number of hydrogen-bond acceptors (Lipinski definition) is 5. The predicted octanol–water partition coefficient (Wildman–Crippen LogP) is 5.56. The van der Waals surface area contributed by atoms with E-state index in [0.29, 0.717) is 24.9 Å². The number of fused-ring (bicyclic) bond motifs is 4. The SMILES string of the molecule is COC[C@]1(OC)CC[C@H]2[C@@H]3CCC4=C(c5ccccc5/C=N\O)C(=O)CCC4=C3CC[C@@]21C. The Bertz CT molecular complexity index is 1050. The summed E-state index contributed by atoms with van der Waals surface area (Å²) in [7, 11) is 3.64. The molecule has 1 aromatic rings. The Hall–Kier alpha value is -2.24. The maximum Gasteiger partial charge on any atom is 0.164 e. The molecule has 0 radical (unpaired) electrons. The number of benzene rings is 1. The minimum Gasteiger partial charge on any atom is -0.411 e. The molecule has 5 heteroatoms. The van der Waals surface area contributed by atoms with Crippen LogP contribution in [0.1, 0.15) is 69.4 Å². The second-order valence-electron chi connectivity index (χ2n) is 10.5. The van der Waals surface area contributed by atoms with Gasteiger partial charge in [-0.05, 0) is 73.5 Å². The lowest BCUT2D eigenvalue weighted by molar-refractivity contribution is -0.147. The molecular weight excluding hydrogens is 414 g/mol. The molecule has 4 aliphatic rings. The molecular formula is C28H35NO4. The lowest BCUT2D eigenvalue weighted by Gasteiger charge is -2.53. The van der Waals surface area contributed by atoms with E-state index in [1.165, 1.54) is 23.8 Å². The number of ketones is 1. The Morgan fingerprint density at radius 3 is 2.67 bits per heavy atom. The topological polar surface area (TPSA) is 68.1 Å². The van der Waals surface area contributed by atoms with Gasteiger partial charge in [0.2, 0.25) is 0 Å². The molecule has 0 aromatic heterocycles. The zero-order valence-corrected chi connectivity index (χ0v) is 20.0. The van der Waals surface area contributed by atoms with Crippen molar-refractivity contribution in [3.05, 3.63) is 52.1 Å². The van der Waals surface area contributed by atoms with Gasteiger partial charge in [0, 0.05) is 37.2 Å². The Morgan fingerprint density at radius 1 is 1.09 bits per heavy atom. The van der Waals surface area contributed by atoms with Crippen LogP contribution in [0.15, 0.2) is 46.1 Å². The molecule has 0 spiro atoms. The fraction of sp³-hybridized carbons (Fsp3) is 0.571. The normalized spacial score (nSPS) is 34.0. The van der Waals surface area contributed by atoms with Crippen LogP contribution in [-0.2, 0) is 14.3 Å². The Morgan fingerprint density at radius 2 is 1.91 bits per heavy atom. The minimum atomic E-state index is -0.199. The van der Waals surface area contributed by atoms with E-state index in [-0.39, 0.29) is 16.8 Å². The molecule has 176 valence electrons. The molecule has 33 heavy (non-hydrogen) atoms. The first kappa shape index (κ1) is 22.5. The van der Waals surface area contributed by atoms with E-state index in [1.807, 2.05) is 31.4 Å². The van der Waals surface area contributed by atoms with Gasteiger partial charge in [0.05, 0.1) is 18.4 Å². The average molecular weight is 450 g/mol. The summed E-state index contributed by atoms with van der Waals surface area (Å²) in [5, 5.41) is 12.4. The summed E-state index contributed by atoms with van der Waals surface area (Å²) < 4.78 is 11.8. The summed E-state index contributed by atoms with van der Waals surface area (Å²) in [6.45, 7) is 3.09. The molecule has 1 aromatic carbocycles. The van der Waals surface area contributed by atoms with Crippen LogP contribution in [0.5, 0.6) is 0 Å². The van der Waals surface area contributed by atoms with Gasteiger partial charge in [-0.2, -0.15) is 0 Å². The van der Waals surface area contributed by atoms with E-state index in [0.717, 1.165) is 55.2 Å². The molecule has 0 amide bonds. The third-order valence-electron chi connectivity index (χ3n) is 9.40. The van der Waals surface area contributed by atoms with Gasteiger partial charge in [-0.25, -0.2) is 0 Å². The average Bonchev–Trinajstić information content (AvgIpc) is 3.12. The van der Waals surface area contributed by atoms with Crippen molar-refractivity contribution in [3.63, 3.8) is 0 Å². The van der Waals surface area contributed by atoms with Crippen molar-refractivity contribution in [2.24, 2.45) is 22.4 Å². The highest BCUT2D eigenvalue weighted by molar-refractivity contribution is 6.24. The Labute approximate surface area is 196 Å². The van der Waals surface area contributed by atoms with Crippen LogP contribution in [-0.4, -0.2) is 43.6 Å². The molecule has 5 rings (SSSR count). The standard InChI is InChI=1S/C28H35NO4/c1-27-14-12-21-20-10-11-25(30)26(19-7-5-4-6-18(19)16-29-31)23(20)9-8-22(21)24(27)13-15-28(27,33-3)17-32-2/h4-7,16,22,24,31H,8-15,17H2,1-3H3/b29-16-/t22-,24+,27+,28-/m1/s1. The Kier molecular flexibility index (Phi) is 5.82. The monoisotopic (exact) mass is 449 g/mol. The highest BCUT2D eigenvalue weighted by Gasteiger charge is 2.61. The molecule has 5 nitrogen and oxygen atoms in total. The van der Waals surface area contributed by atoms with Gasteiger partial charge in [0.15, 0.2) is 5.78 Å². The van der Waals surface area contributed by atoms with Gasteiger partial charge in [-0.1, -0.05) is 41.9 Å².